The van der Waals surface area contributed by atoms with Gasteiger partial charge >= 0.3 is 12.1 Å². The van der Waals surface area contributed by atoms with Crippen LogP contribution < -0.4 is 20.7 Å². The highest BCUT2D eigenvalue weighted by Crippen LogP contribution is 2.39. The molecule has 18 heteroatoms. The molecule has 0 spiro atoms. The maximum atomic E-state index is 15.1. The van der Waals surface area contributed by atoms with Gasteiger partial charge in [-0.3, -0.25) is 20.2 Å². The van der Waals surface area contributed by atoms with Crippen molar-refractivity contribution in [2.75, 3.05) is 20.7 Å². The van der Waals surface area contributed by atoms with E-state index in [0.717, 1.165) is 70.9 Å². The van der Waals surface area contributed by atoms with E-state index in [-0.39, 0.29) is 45.0 Å². The van der Waals surface area contributed by atoms with Crippen LogP contribution in [-0.4, -0.2) is 53.5 Å². The van der Waals surface area contributed by atoms with Gasteiger partial charge in [0.15, 0.2) is 32.1 Å². The fourth-order valence-corrected chi connectivity index (χ4v) is 10.7. The second-order valence-corrected chi connectivity index (χ2v) is 18.8. The van der Waals surface area contributed by atoms with Gasteiger partial charge in [0, 0.05) is 47.8 Å². The standard InChI is InChI=1S/C40H40N10O4S4/c1-23-11-13-29(27(19-23)33(51)25-7-3-4-8-25)49(39(53)47-37-45-21-31(57-37)55-35-41-15-16-42-35)50(30-14-12-24(2)20-28(30)34(52)26-9-5-6-10-26)40(54)48-38-46-22-32(58-38)56-36-43-17-18-44-36/h11-22,25-26H,3-10H2,1-2H3,(H,41,42)(H,43,44)(H,45,47,53)(H,46,48,54). The monoisotopic (exact) mass is 852 g/mol. The second-order valence-electron chi connectivity index (χ2n) is 14.2. The van der Waals surface area contributed by atoms with Crippen LogP contribution in [0.15, 0.2) is 92.3 Å². The lowest BCUT2D eigenvalue weighted by molar-refractivity contribution is 0.0915. The Morgan fingerprint density at radius 2 is 1.05 bits per heavy atom. The number of hydrogen-bond donors (Lipinski definition) is 4. The van der Waals surface area contributed by atoms with Gasteiger partial charge in [-0.1, -0.05) is 71.6 Å². The van der Waals surface area contributed by atoms with Crippen molar-refractivity contribution >= 4 is 91.5 Å². The van der Waals surface area contributed by atoms with E-state index in [0.29, 0.717) is 21.4 Å². The summed E-state index contributed by atoms with van der Waals surface area (Å²) in [6.45, 7) is 3.77. The molecule has 0 bridgehead atoms. The average Bonchev–Trinajstić information content (AvgIpc) is 4.06. The number of Topliss-reactive ketones (excluding diaryl/α,β-unsaturated/α-hetero) is 2. The first-order chi connectivity index (χ1) is 28.2. The summed E-state index contributed by atoms with van der Waals surface area (Å²) in [5, 5.41) is 9.98. The van der Waals surface area contributed by atoms with Crippen molar-refractivity contribution in [3.05, 3.63) is 95.8 Å². The number of imidazole rings is 2. The summed E-state index contributed by atoms with van der Waals surface area (Å²) in [5.41, 5.74) is 2.61. The van der Waals surface area contributed by atoms with Crippen molar-refractivity contribution in [2.24, 2.45) is 11.8 Å². The molecule has 4 N–H and O–H groups in total. The molecule has 4 amide bonds. The number of rotatable bonds is 12. The molecule has 2 aromatic carbocycles. The topological polar surface area (TPSA) is 182 Å². The van der Waals surface area contributed by atoms with E-state index in [2.05, 4.69) is 40.5 Å². The number of urea groups is 2. The van der Waals surface area contributed by atoms with Crippen LogP contribution in [0, 0.1) is 25.7 Å². The van der Waals surface area contributed by atoms with Gasteiger partial charge in [-0.05, 0) is 87.3 Å². The fourth-order valence-electron chi connectivity index (χ4n) is 7.32. The zero-order valence-electron chi connectivity index (χ0n) is 31.7. The Balaban J connectivity index is 1.25. The summed E-state index contributed by atoms with van der Waals surface area (Å²) in [6, 6.07) is 8.98. The Bertz CT molecular complexity index is 2250. The molecule has 2 aliphatic rings. The molecular formula is C40H40N10O4S4. The summed E-state index contributed by atoms with van der Waals surface area (Å²) >= 11 is 5.17. The quantitative estimate of drug-likeness (QED) is 0.0683. The van der Waals surface area contributed by atoms with E-state index in [1.807, 2.05) is 13.8 Å². The number of aryl methyl sites for hydroxylation is 2. The third-order valence-electron chi connectivity index (χ3n) is 10.1. The number of anilines is 4. The van der Waals surface area contributed by atoms with Crippen LogP contribution in [0.5, 0.6) is 0 Å². The smallest absolute Gasteiger partial charge is 0.339 e. The number of ketones is 2. The summed E-state index contributed by atoms with van der Waals surface area (Å²) in [5.74, 6) is -0.669. The highest BCUT2D eigenvalue weighted by atomic mass is 32.2. The minimum atomic E-state index is -0.767. The fraction of sp³-hybridized carbons (Fsp3) is 0.300. The lowest BCUT2D eigenvalue weighted by Crippen LogP contribution is -2.55. The van der Waals surface area contributed by atoms with Crippen LogP contribution in [0.4, 0.5) is 31.2 Å². The maximum Gasteiger partial charge on any atom is 0.347 e. The van der Waals surface area contributed by atoms with E-state index >= 15 is 9.59 Å². The van der Waals surface area contributed by atoms with Gasteiger partial charge in [-0.15, -0.1) is 0 Å². The second kappa shape index (κ2) is 17.7. The van der Waals surface area contributed by atoms with E-state index in [1.165, 1.54) is 56.2 Å². The summed E-state index contributed by atoms with van der Waals surface area (Å²) in [6.07, 6.45) is 16.7. The van der Waals surface area contributed by atoms with E-state index in [1.54, 1.807) is 73.6 Å². The Labute approximate surface area is 351 Å². The van der Waals surface area contributed by atoms with Gasteiger partial charge in [-0.2, -0.15) is 10.0 Å². The molecule has 0 unspecified atom stereocenters. The third kappa shape index (κ3) is 8.89. The van der Waals surface area contributed by atoms with Gasteiger partial charge in [-0.25, -0.2) is 29.5 Å². The zero-order chi connectivity index (χ0) is 40.2. The van der Waals surface area contributed by atoms with Crippen molar-refractivity contribution in [1.29, 1.82) is 0 Å². The van der Waals surface area contributed by atoms with Crippen LogP contribution in [0.25, 0.3) is 0 Å². The predicted octanol–water partition coefficient (Wildman–Crippen LogP) is 10.4. The highest BCUT2D eigenvalue weighted by molar-refractivity contribution is 8.01. The predicted molar refractivity (Wildman–Crippen MR) is 228 cm³/mol. The van der Waals surface area contributed by atoms with Crippen molar-refractivity contribution in [3.8, 4) is 0 Å². The SMILES string of the molecule is Cc1ccc(N(C(=O)Nc2ncc(Sc3ncc[nH]3)s2)N(C(=O)Nc2ncc(Sc3ncc[nH]3)s2)c2ccc(C)cc2C(=O)C2CCCC2)c(C(=O)C2CCCC2)c1. The van der Waals surface area contributed by atoms with Crippen molar-refractivity contribution in [3.63, 3.8) is 0 Å². The molecule has 6 aromatic rings. The number of aromatic amines is 2. The molecule has 58 heavy (non-hydrogen) atoms. The Kier molecular flexibility index (Phi) is 12.0. The molecule has 0 radical (unpaired) electrons. The lowest BCUT2D eigenvalue weighted by atomic mass is 9.93. The number of hydrogen-bond acceptors (Lipinski definition) is 12. The number of hydrazine groups is 1. The van der Waals surface area contributed by atoms with Crippen molar-refractivity contribution < 1.29 is 19.2 Å². The summed E-state index contributed by atoms with van der Waals surface area (Å²) < 4.78 is 1.52. The number of benzene rings is 2. The largest absolute Gasteiger partial charge is 0.347 e. The number of H-pyrrole nitrogens is 2. The van der Waals surface area contributed by atoms with Crippen LogP contribution in [0.2, 0.25) is 0 Å². The van der Waals surface area contributed by atoms with Gasteiger partial charge in [0.25, 0.3) is 0 Å². The Morgan fingerprint density at radius 3 is 1.43 bits per heavy atom. The minimum absolute atomic E-state index is 0.105. The van der Waals surface area contributed by atoms with Crippen LogP contribution in [0.3, 0.4) is 0 Å². The number of aromatic nitrogens is 6. The number of amides is 4. The van der Waals surface area contributed by atoms with Crippen molar-refractivity contribution in [1.82, 2.24) is 29.9 Å². The first-order valence-corrected chi connectivity index (χ1v) is 22.2. The highest BCUT2D eigenvalue weighted by Gasteiger charge is 2.38. The molecular weight excluding hydrogens is 813 g/mol. The normalized spacial score (nSPS) is 14.4. The number of carbonyl (C=O) groups excluding carboxylic acids is 4. The molecule has 2 fully saturated rings. The molecule has 14 nitrogen and oxygen atoms in total. The first kappa shape index (κ1) is 39.5. The maximum absolute atomic E-state index is 15.1. The third-order valence-corrected chi connectivity index (χ3v) is 13.9. The van der Waals surface area contributed by atoms with Crippen LogP contribution in [0.1, 0.15) is 83.2 Å². The molecule has 0 atom stereocenters. The number of nitrogens with one attached hydrogen (secondary N) is 4. The molecule has 2 aliphatic carbocycles. The first-order valence-electron chi connectivity index (χ1n) is 19.0. The van der Waals surface area contributed by atoms with Gasteiger partial charge in [0.2, 0.25) is 0 Å². The molecule has 0 saturated heterocycles. The van der Waals surface area contributed by atoms with E-state index in [4.69, 9.17) is 0 Å². The lowest BCUT2D eigenvalue weighted by Gasteiger charge is -2.36. The van der Waals surface area contributed by atoms with Gasteiger partial charge < -0.3 is 9.97 Å². The summed E-state index contributed by atoms with van der Waals surface area (Å²) in [4.78, 5) is 82.6. The molecule has 4 aromatic heterocycles. The van der Waals surface area contributed by atoms with Crippen LogP contribution in [-0.2, 0) is 0 Å². The molecule has 2 saturated carbocycles. The zero-order valence-corrected chi connectivity index (χ0v) is 35.0. The summed E-state index contributed by atoms with van der Waals surface area (Å²) in [7, 11) is 0. The van der Waals surface area contributed by atoms with Crippen LogP contribution >= 0.6 is 46.2 Å². The molecule has 298 valence electrons. The van der Waals surface area contributed by atoms with Crippen molar-refractivity contribution in [2.45, 2.75) is 83.9 Å². The Morgan fingerprint density at radius 1 is 0.638 bits per heavy atom. The molecule has 0 aliphatic heterocycles. The van der Waals surface area contributed by atoms with E-state index in [9.17, 15) is 9.59 Å². The Hall–Kier alpha value is -5.30. The van der Waals surface area contributed by atoms with Gasteiger partial charge in [0.05, 0.1) is 32.2 Å². The number of carbonyl (C=O) groups is 4. The average molecular weight is 853 g/mol. The minimum Gasteiger partial charge on any atom is -0.339 e. The number of thiazole rings is 2. The van der Waals surface area contributed by atoms with E-state index < -0.39 is 12.1 Å². The molecule has 8 rings (SSSR count). The molecule has 4 heterocycles. The number of nitrogens with zero attached hydrogens (tertiary/aromatic N) is 6. The van der Waals surface area contributed by atoms with Gasteiger partial charge in [0.1, 0.15) is 0 Å².